The summed E-state index contributed by atoms with van der Waals surface area (Å²) >= 11 is 1.67. The van der Waals surface area contributed by atoms with Gasteiger partial charge < -0.3 is 19.7 Å². The SMILES string of the molecule is CC(C)Oc1cccc([C@@H]2CC(=O)Nc3nc(N4CCOCC4)sc32)c1. The van der Waals surface area contributed by atoms with Crippen molar-refractivity contribution in [3.05, 3.63) is 34.7 Å². The van der Waals surface area contributed by atoms with Crippen molar-refractivity contribution in [2.24, 2.45) is 0 Å². The lowest BCUT2D eigenvalue weighted by Crippen LogP contribution is -2.36. The van der Waals surface area contributed by atoms with E-state index >= 15 is 0 Å². The first-order chi connectivity index (χ1) is 12.6. The molecule has 0 saturated carbocycles. The smallest absolute Gasteiger partial charge is 0.226 e. The molecule has 1 atom stereocenters. The van der Waals surface area contributed by atoms with Gasteiger partial charge in [0.2, 0.25) is 5.91 Å². The summed E-state index contributed by atoms with van der Waals surface area (Å²) in [5.74, 6) is 1.56. The number of carbonyl (C=O) groups excluding carboxylic acids is 1. The van der Waals surface area contributed by atoms with Crippen molar-refractivity contribution < 1.29 is 14.3 Å². The Bertz CT molecular complexity index is 799. The second-order valence-corrected chi connectivity index (χ2v) is 7.86. The Morgan fingerprint density at radius 3 is 2.92 bits per heavy atom. The summed E-state index contributed by atoms with van der Waals surface area (Å²) in [5.41, 5.74) is 1.09. The zero-order chi connectivity index (χ0) is 18.1. The molecule has 1 aromatic heterocycles. The summed E-state index contributed by atoms with van der Waals surface area (Å²) in [6.07, 6.45) is 0.551. The van der Waals surface area contributed by atoms with Gasteiger partial charge in [-0.3, -0.25) is 4.79 Å². The quantitative estimate of drug-likeness (QED) is 0.891. The molecule has 0 unspecified atom stereocenters. The molecule has 1 N–H and O–H groups in total. The topological polar surface area (TPSA) is 63.7 Å². The molecule has 4 rings (SSSR count). The number of morpholine rings is 1. The molecular formula is C19H23N3O3S. The number of hydrogen-bond acceptors (Lipinski definition) is 6. The number of nitrogens with one attached hydrogen (secondary N) is 1. The maximum absolute atomic E-state index is 12.2. The lowest BCUT2D eigenvalue weighted by Gasteiger charge is -2.26. The monoisotopic (exact) mass is 373 g/mol. The number of rotatable bonds is 4. The van der Waals surface area contributed by atoms with Gasteiger partial charge in [-0.15, -0.1) is 0 Å². The van der Waals surface area contributed by atoms with Gasteiger partial charge in [0.25, 0.3) is 0 Å². The number of benzene rings is 1. The number of hydrogen-bond donors (Lipinski definition) is 1. The van der Waals surface area contributed by atoms with E-state index in [2.05, 4.69) is 16.3 Å². The van der Waals surface area contributed by atoms with Crippen LogP contribution in [0.4, 0.5) is 10.9 Å². The van der Waals surface area contributed by atoms with E-state index in [1.165, 1.54) is 0 Å². The highest BCUT2D eigenvalue weighted by molar-refractivity contribution is 7.16. The maximum Gasteiger partial charge on any atom is 0.226 e. The Hall–Kier alpha value is -2.12. The Morgan fingerprint density at radius 1 is 1.35 bits per heavy atom. The van der Waals surface area contributed by atoms with Crippen molar-refractivity contribution in [2.75, 3.05) is 36.5 Å². The lowest BCUT2D eigenvalue weighted by molar-refractivity contribution is -0.116. The van der Waals surface area contributed by atoms with Gasteiger partial charge in [-0.05, 0) is 31.5 Å². The van der Waals surface area contributed by atoms with Crippen molar-refractivity contribution in [1.82, 2.24) is 4.98 Å². The fourth-order valence-corrected chi connectivity index (χ4v) is 4.54. The molecule has 3 heterocycles. The van der Waals surface area contributed by atoms with E-state index in [1.807, 2.05) is 32.0 Å². The van der Waals surface area contributed by atoms with Gasteiger partial charge in [-0.2, -0.15) is 0 Å². The van der Waals surface area contributed by atoms with E-state index in [0.717, 1.165) is 34.4 Å². The Balaban J connectivity index is 1.66. The predicted octanol–water partition coefficient (Wildman–Crippen LogP) is 3.24. The molecule has 1 aromatic carbocycles. The number of aromatic nitrogens is 1. The number of ether oxygens (including phenoxy) is 2. The van der Waals surface area contributed by atoms with Gasteiger partial charge in [0, 0.05) is 25.4 Å². The van der Waals surface area contributed by atoms with Gasteiger partial charge >= 0.3 is 0 Å². The highest BCUT2D eigenvalue weighted by Gasteiger charge is 2.31. The first kappa shape index (κ1) is 17.3. The summed E-state index contributed by atoms with van der Waals surface area (Å²) < 4.78 is 11.3. The van der Waals surface area contributed by atoms with Crippen LogP contribution in [-0.2, 0) is 9.53 Å². The average Bonchev–Trinajstić information content (AvgIpc) is 3.05. The van der Waals surface area contributed by atoms with Crippen molar-refractivity contribution in [1.29, 1.82) is 0 Å². The molecule has 26 heavy (non-hydrogen) atoms. The van der Waals surface area contributed by atoms with Crippen LogP contribution < -0.4 is 15.0 Å². The fraction of sp³-hybridized carbons (Fsp3) is 0.474. The molecule has 138 valence electrons. The van der Waals surface area contributed by atoms with Crippen LogP contribution in [-0.4, -0.2) is 43.3 Å². The van der Waals surface area contributed by atoms with Crippen LogP contribution in [0.5, 0.6) is 5.75 Å². The Kier molecular flexibility index (Phi) is 4.82. The molecule has 2 aliphatic heterocycles. The van der Waals surface area contributed by atoms with Crippen LogP contribution in [0.15, 0.2) is 24.3 Å². The number of nitrogens with zero attached hydrogens (tertiary/aromatic N) is 2. The van der Waals surface area contributed by atoms with Crippen molar-refractivity contribution in [3.8, 4) is 5.75 Å². The molecule has 0 spiro atoms. The van der Waals surface area contributed by atoms with Crippen LogP contribution in [0.2, 0.25) is 0 Å². The third kappa shape index (κ3) is 3.54. The summed E-state index contributed by atoms with van der Waals surface area (Å²) in [4.78, 5) is 20.3. The Labute approximate surface area is 157 Å². The van der Waals surface area contributed by atoms with Crippen LogP contribution in [0.1, 0.15) is 36.6 Å². The normalized spacial score (nSPS) is 20.0. The van der Waals surface area contributed by atoms with Gasteiger partial charge in [-0.1, -0.05) is 23.5 Å². The van der Waals surface area contributed by atoms with E-state index in [9.17, 15) is 4.79 Å². The summed E-state index contributed by atoms with van der Waals surface area (Å²) in [7, 11) is 0. The third-order valence-electron chi connectivity index (χ3n) is 4.52. The maximum atomic E-state index is 12.2. The number of carbonyl (C=O) groups is 1. The Morgan fingerprint density at radius 2 is 2.15 bits per heavy atom. The van der Waals surface area contributed by atoms with Gasteiger partial charge in [-0.25, -0.2) is 4.98 Å². The molecule has 0 bridgehead atoms. The number of thiazole rings is 1. The number of anilines is 2. The third-order valence-corrected chi connectivity index (χ3v) is 5.75. The molecule has 2 aliphatic rings. The molecule has 7 heteroatoms. The highest BCUT2D eigenvalue weighted by Crippen LogP contribution is 2.43. The second-order valence-electron chi connectivity index (χ2n) is 6.85. The average molecular weight is 373 g/mol. The van der Waals surface area contributed by atoms with Gasteiger partial charge in [0.1, 0.15) is 11.6 Å². The molecule has 1 fully saturated rings. The van der Waals surface area contributed by atoms with E-state index in [0.29, 0.717) is 25.5 Å². The van der Waals surface area contributed by atoms with Crippen molar-refractivity contribution in [2.45, 2.75) is 32.3 Å². The summed E-state index contributed by atoms with van der Waals surface area (Å²) in [6.45, 7) is 7.13. The van der Waals surface area contributed by atoms with Gasteiger partial charge in [0.05, 0.1) is 24.2 Å². The molecule has 6 nitrogen and oxygen atoms in total. The largest absolute Gasteiger partial charge is 0.491 e. The predicted molar refractivity (Wildman–Crippen MR) is 102 cm³/mol. The zero-order valence-corrected chi connectivity index (χ0v) is 15.8. The minimum absolute atomic E-state index is 0.0107. The van der Waals surface area contributed by atoms with Crippen molar-refractivity contribution >= 4 is 28.2 Å². The molecule has 0 radical (unpaired) electrons. The first-order valence-corrected chi connectivity index (χ1v) is 9.81. The second kappa shape index (κ2) is 7.25. The molecular weight excluding hydrogens is 350 g/mol. The van der Waals surface area contributed by atoms with Crippen LogP contribution >= 0.6 is 11.3 Å². The number of amides is 1. The fourth-order valence-electron chi connectivity index (χ4n) is 3.34. The highest BCUT2D eigenvalue weighted by atomic mass is 32.1. The van der Waals surface area contributed by atoms with Crippen LogP contribution in [0, 0.1) is 0 Å². The van der Waals surface area contributed by atoms with Crippen molar-refractivity contribution in [3.63, 3.8) is 0 Å². The lowest BCUT2D eigenvalue weighted by atomic mass is 9.91. The van der Waals surface area contributed by atoms with E-state index < -0.39 is 0 Å². The zero-order valence-electron chi connectivity index (χ0n) is 15.0. The minimum Gasteiger partial charge on any atom is -0.491 e. The van der Waals surface area contributed by atoms with Gasteiger partial charge in [0.15, 0.2) is 5.13 Å². The van der Waals surface area contributed by atoms with E-state index in [1.54, 1.807) is 11.3 Å². The van der Waals surface area contributed by atoms with Crippen LogP contribution in [0.25, 0.3) is 0 Å². The number of fused-ring (bicyclic) bond motifs is 1. The first-order valence-electron chi connectivity index (χ1n) is 9.00. The summed E-state index contributed by atoms with van der Waals surface area (Å²) in [6, 6.07) is 8.05. The molecule has 1 saturated heterocycles. The van der Waals surface area contributed by atoms with E-state index in [-0.39, 0.29) is 17.9 Å². The van der Waals surface area contributed by atoms with E-state index in [4.69, 9.17) is 14.5 Å². The standard InChI is InChI=1S/C19H23N3O3S/c1-12(2)25-14-5-3-4-13(10-14)15-11-16(23)20-18-17(15)26-19(21-18)22-6-8-24-9-7-22/h3-5,10,12,15H,6-9,11H2,1-2H3,(H,20,23)/t15-/m0/s1. The van der Waals surface area contributed by atoms with Crippen LogP contribution in [0.3, 0.4) is 0 Å². The summed E-state index contributed by atoms with van der Waals surface area (Å²) in [5, 5.41) is 3.90. The molecule has 2 aromatic rings. The molecule has 1 amide bonds. The minimum atomic E-state index is 0.0107. The molecule has 0 aliphatic carbocycles.